The highest BCUT2D eigenvalue weighted by molar-refractivity contribution is 5.75. The summed E-state index contributed by atoms with van der Waals surface area (Å²) < 4.78 is 12.8. The van der Waals surface area contributed by atoms with Crippen molar-refractivity contribution in [2.45, 2.75) is 13.0 Å². The normalized spacial score (nSPS) is 12.5. The lowest BCUT2D eigenvalue weighted by molar-refractivity contribution is -0.147. The number of rotatable bonds is 2. The lowest BCUT2D eigenvalue weighted by Crippen LogP contribution is -2.11. The van der Waals surface area contributed by atoms with E-state index in [-0.39, 0.29) is 11.1 Å². The van der Waals surface area contributed by atoms with Gasteiger partial charge in [0.1, 0.15) is 11.6 Å². The van der Waals surface area contributed by atoms with Gasteiger partial charge in [0.25, 0.3) is 0 Å². The minimum atomic E-state index is -1.91. The number of carboxylic acid groups (broad SMARTS) is 1. The van der Waals surface area contributed by atoms with Gasteiger partial charge < -0.3 is 15.3 Å². The van der Waals surface area contributed by atoms with Crippen LogP contribution in [-0.2, 0) is 4.79 Å². The van der Waals surface area contributed by atoms with Crippen LogP contribution in [-0.4, -0.2) is 21.3 Å². The molecule has 0 saturated heterocycles. The molecule has 0 fully saturated rings. The fourth-order valence-electron chi connectivity index (χ4n) is 1.10. The molecule has 0 saturated carbocycles. The van der Waals surface area contributed by atoms with Gasteiger partial charge in [0.05, 0.1) is 0 Å². The first-order valence-electron chi connectivity index (χ1n) is 3.83. The van der Waals surface area contributed by atoms with Crippen molar-refractivity contribution in [2.75, 3.05) is 0 Å². The highest BCUT2D eigenvalue weighted by Crippen LogP contribution is 2.28. The number of aliphatic hydroxyl groups excluding tert-OH is 1. The van der Waals surface area contributed by atoms with E-state index in [1.54, 1.807) is 0 Å². The van der Waals surface area contributed by atoms with Crippen molar-refractivity contribution in [3.8, 4) is 5.75 Å². The number of halogens is 1. The van der Waals surface area contributed by atoms with E-state index in [0.29, 0.717) is 0 Å². The number of hydrogen-bond acceptors (Lipinski definition) is 3. The summed E-state index contributed by atoms with van der Waals surface area (Å²) in [6, 6.07) is 1.84. The third-order valence-electron chi connectivity index (χ3n) is 1.82. The first-order chi connectivity index (χ1) is 6.43. The quantitative estimate of drug-likeness (QED) is 0.664. The number of aliphatic hydroxyl groups is 1. The molecule has 3 N–H and O–H groups in total. The minimum Gasteiger partial charge on any atom is -0.507 e. The number of carboxylic acids is 1. The second-order valence-corrected chi connectivity index (χ2v) is 2.90. The van der Waals surface area contributed by atoms with Crippen LogP contribution in [0.3, 0.4) is 0 Å². The number of aliphatic carboxylic acids is 1. The van der Waals surface area contributed by atoms with E-state index in [1.165, 1.54) is 6.92 Å². The molecule has 0 aliphatic heterocycles. The Kier molecular flexibility index (Phi) is 2.71. The summed E-state index contributed by atoms with van der Waals surface area (Å²) in [6.45, 7) is 1.41. The lowest BCUT2D eigenvalue weighted by atomic mass is 10.0. The van der Waals surface area contributed by atoms with Gasteiger partial charge in [-0.3, -0.25) is 0 Å². The number of phenols is 1. The summed E-state index contributed by atoms with van der Waals surface area (Å²) in [6.07, 6.45) is -1.91. The first-order valence-corrected chi connectivity index (χ1v) is 3.83. The molecule has 1 aromatic carbocycles. The summed E-state index contributed by atoms with van der Waals surface area (Å²) in [7, 11) is 0. The Morgan fingerprint density at radius 2 is 2.07 bits per heavy atom. The minimum absolute atomic E-state index is 0.181. The standard InChI is InChI=1S/C9H9FO4/c1-4-2-5(10)3-6(7(4)11)8(12)9(13)14/h2-3,8,11-12H,1H3,(H,13,14). The molecule has 1 rings (SSSR count). The Hall–Kier alpha value is -1.62. The fraction of sp³-hybridized carbons (Fsp3) is 0.222. The number of hydrogen-bond donors (Lipinski definition) is 3. The van der Waals surface area contributed by atoms with E-state index < -0.39 is 23.6 Å². The predicted molar refractivity (Wildman–Crippen MR) is 45.4 cm³/mol. The highest BCUT2D eigenvalue weighted by Gasteiger charge is 2.21. The van der Waals surface area contributed by atoms with Crippen molar-refractivity contribution in [2.24, 2.45) is 0 Å². The topological polar surface area (TPSA) is 77.8 Å². The number of phenolic OH excluding ortho intramolecular Hbond substituents is 1. The molecular formula is C9H9FO4. The van der Waals surface area contributed by atoms with Crippen LogP contribution in [0.2, 0.25) is 0 Å². The monoisotopic (exact) mass is 200 g/mol. The third kappa shape index (κ3) is 1.82. The highest BCUT2D eigenvalue weighted by atomic mass is 19.1. The molecule has 4 nitrogen and oxygen atoms in total. The molecule has 0 aliphatic rings. The maximum absolute atomic E-state index is 12.8. The Bertz CT molecular complexity index is 375. The molecule has 0 aliphatic carbocycles. The van der Waals surface area contributed by atoms with E-state index in [1.807, 2.05) is 0 Å². The van der Waals surface area contributed by atoms with Gasteiger partial charge in [0, 0.05) is 5.56 Å². The van der Waals surface area contributed by atoms with Crippen LogP contribution in [0.4, 0.5) is 4.39 Å². The van der Waals surface area contributed by atoms with Gasteiger partial charge in [-0.05, 0) is 24.6 Å². The molecule has 5 heteroatoms. The Labute approximate surface area is 79.2 Å². The van der Waals surface area contributed by atoms with Gasteiger partial charge >= 0.3 is 5.97 Å². The predicted octanol–water partition coefficient (Wildman–Crippen LogP) is 0.958. The van der Waals surface area contributed by atoms with Crippen molar-refractivity contribution in [1.29, 1.82) is 0 Å². The van der Waals surface area contributed by atoms with Crippen molar-refractivity contribution >= 4 is 5.97 Å². The Balaban J connectivity index is 3.26. The zero-order valence-electron chi connectivity index (χ0n) is 7.36. The summed E-state index contributed by atoms with van der Waals surface area (Å²) in [5, 5.41) is 26.9. The molecule has 0 radical (unpaired) electrons. The maximum Gasteiger partial charge on any atom is 0.337 e. The van der Waals surface area contributed by atoms with Crippen LogP contribution in [0.1, 0.15) is 17.2 Å². The van der Waals surface area contributed by atoms with E-state index in [4.69, 9.17) is 10.2 Å². The number of carbonyl (C=O) groups is 1. The fourth-order valence-corrected chi connectivity index (χ4v) is 1.10. The average molecular weight is 200 g/mol. The molecule has 1 aromatic rings. The molecule has 76 valence electrons. The second-order valence-electron chi connectivity index (χ2n) is 2.90. The summed E-state index contributed by atoms with van der Waals surface area (Å²) in [4.78, 5) is 10.4. The molecule has 0 spiro atoms. The van der Waals surface area contributed by atoms with E-state index >= 15 is 0 Å². The van der Waals surface area contributed by atoms with Gasteiger partial charge in [-0.2, -0.15) is 0 Å². The molecule has 0 heterocycles. The van der Waals surface area contributed by atoms with Crippen LogP contribution in [0.15, 0.2) is 12.1 Å². The largest absolute Gasteiger partial charge is 0.507 e. The van der Waals surface area contributed by atoms with Gasteiger partial charge in [-0.25, -0.2) is 9.18 Å². The zero-order chi connectivity index (χ0) is 10.9. The number of aromatic hydroxyl groups is 1. The van der Waals surface area contributed by atoms with Crippen LogP contribution in [0.5, 0.6) is 5.75 Å². The molecule has 0 amide bonds. The molecule has 1 atom stereocenters. The zero-order valence-corrected chi connectivity index (χ0v) is 7.36. The van der Waals surface area contributed by atoms with Crippen LogP contribution < -0.4 is 0 Å². The van der Waals surface area contributed by atoms with Crippen LogP contribution in [0.25, 0.3) is 0 Å². The van der Waals surface area contributed by atoms with Gasteiger partial charge in [0.2, 0.25) is 0 Å². The number of aryl methyl sites for hydroxylation is 1. The Morgan fingerprint density at radius 3 is 2.57 bits per heavy atom. The average Bonchev–Trinajstić information content (AvgIpc) is 2.09. The van der Waals surface area contributed by atoms with Gasteiger partial charge in [-0.15, -0.1) is 0 Å². The summed E-state index contributed by atoms with van der Waals surface area (Å²) in [5.74, 6) is -2.64. The van der Waals surface area contributed by atoms with E-state index in [9.17, 15) is 14.3 Å². The first kappa shape index (κ1) is 10.5. The Morgan fingerprint density at radius 1 is 1.50 bits per heavy atom. The second kappa shape index (κ2) is 3.63. The van der Waals surface area contributed by atoms with E-state index in [0.717, 1.165) is 12.1 Å². The lowest BCUT2D eigenvalue weighted by Gasteiger charge is -2.10. The van der Waals surface area contributed by atoms with Crippen molar-refractivity contribution in [1.82, 2.24) is 0 Å². The van der Waals surface area contributed by atoms with Crippen molar-refractivity contribution in [3.63, 3.8) is 0 Å². The molecule has 1 unspecified atom stereocenters. The molecule has 0 aromatic heterocycles. The molecular weight excluding hydrogens is 191 g/mol. The summed E-state index contributed by atoms with van der Waals surface area (Å²) >= 11 is 0. The number of benzene rings is 1. The van der Waals surface area contributed by atoms with Gasteiger partial charge in [0.15, 0.2) is 6.10 Å². The van der Waals surface area contributed by atoms with Crippen molar-refractivity contribution < 1.29 is 24.5 Å². The van der Waals surface area contributed by atoms with Crippen LogP contribution >= 0.6 is 0 Å². The molecule has 14 heavy (non-hydrogen) atoms. The van der Waals surface area contributed by atoms with Gasteiger partial charge in [-0.1, -0.05) is 0 Å². The SMILES string of the molecule is Cc1cc(F)cc(C(O)C(=O)O)c1O. The smallest absolute Gasteiger partial charge is 0.337 e. The third-order valence-corrected chi connectivity index (χ3v) is 1.82. The maximum atomic E-state index is 12.8. The van der Waals surface area contributed by atoms with E-state index in [2.05, 4.69) is 0 Å². The van der Waals surface area contributed by atoms with Crippen LogP contribution in [0, 0.1) is 12.7 Å². The van der Waals surface area contributed by atoms with Crippen molar-refractivity contribution in [3.05, 3.63) is 29.1 Å². The summed E-state index contributed by atoms with van der Waals surface area (Å²) in [5.41, 5.74) is -0.157. The molecule has 0 bridgehead atoms.